The maximum absolute atomic E-state index is 13.6. The van der Waals surface area contributed by atoms with Gasteiger partial charge in [0.1, 0.15) is 11.6 Å². The number of benzene rings is 1. The molecule has 3 aromatic rings. The molecule has 1 fully saturated rings. The molecule has 2 aromatic heterocycles. The van der Waals surface area contributed by atoms with Gasteiger partial charge in [-0.1, -0.05) is 12.1 Å². The molecule has 0 bridgehead atoms. The fourth-order valence-electron chi connectivity index (χ4n) is 3.68. The lowest BCUT2D eigenvalue weighted by Crippen LogP contribution is -2.47. The first-order valence-electron chi connectivity index (χ1n) is 9.92. The van der Waals surface area contributed by atoms with Gasteiger partial charge in [0.05, 0.1) is 0 Å². The molecule has 9 heteroatoms. The van der Waals surface area contributed by atoms with E-state index >= 15 is 0 Å². The van der Waals surface area contributed by atoms with Crippen LogP contribution >= 0.6 is 0 Å². The molecule has 0 unspecified atom stereocenters. The van der Waals surface area contributed by atoms with E-state index in [1.165, 1.54) is 24.5 Å². The average Bonchev–Trinajstić information content (AvgIpc) is 2.78. The highest BCUT2D eigenvalue weighted by molar-refractivity contribution is 5.57. The molecule has 162 valence electrons. The van der Waals surface area contributed by atoms with Crippen molar-refractivity contribution in [1.82, 2.24) is 19.9 Å². The Balaban J connectivity index is 1.55. The Morgan fingerprint density at radius 3 is 2.39 bits per heavy atom. The number of piperazine rings is 1. The maximum atomic E-state index is 13.6. The van der Waals surface area contributed by atoms with Crippen LogP contribution < -0.4 is 4.90 Å². The van der Waals surface area contributed by atoms with Gasteiger partial charge in [0.15, 0.2) is 11.5 Å². The largest absolute Gasteiger partial charge is 0.433 e. The molecule has 4 rings (SSSR count). The Labute approximate surface area is 177 Å². The lowest BCUT2D eigenvalue weighted by atomic mass is 10.1. The fraction of sp³-hybridized carbons (Fsp3) is 0.318. The molecule has 5 nitrogen and oxygen atoms in total. The monoisotopic (exact) mass is 431 g/mol. The lowest BCUT2D eigenvalue weighted by Gasteiger charge is -2.39. The van der Waals surface area contributed by atoms with Crippen molar-refractivity contribution in [3.05, 3.63) is 71.9 Å². The number of aromatic nitrogens is 3. The second-order valence-electron chi connectivity index (χ2n) is 7.43. The molecule has 1 aliphatic rings. The molecule has 1 saturated heterocycles. The third kappa shape index (κ3) is 4.82. The van der Waals surface area contributed by atoms with Crippen LogP contribution in [0.4, 0.5) is 23.4 Å². The van der Waals surface area contributed by atoms with Gasteiger partial charge in [0.25, 0.3) is 0 Å². The van der Waals surface area contributed by atoms with Crippen LogP contribution in [0.25, 0.3) is 11.4 Å². The second kappa shape index (κ2) is 8.58. The SMILES string of the molecule is C[C@H](c1cccc(F)c1)N1CCN(c2cc(C(F)(F)F)nc(-c3cccnc3)n2)CC1. The topological polar surface area (TPSA) is 45.2 Å². The summed E-state index contributed by atoms with van der Waals surface area (Å²) in [6, 6.07) is 10.7. The zero-order chi connectivity index (χ0) is 22.0. The Hall–Kier alpha value is -3.07. The van der Waals surface area contributed by atoms with Gasteiger partial charge in [-0.25, -0.2) is 14.4 Å². The first kappa shape index (κ1) is 21.2. The molecule has 0 N–H and O–H groups in total. The minimum atomic E-state index is -4.58. The van der Waals surface area contributed by atoms with Crippen LogP contribution in [0.1, 0.15) is 24.2 Å². The van der Waals surface area contributed by atoms with Crippen LogP contribution in [0.3, 0.4) is 0 Å². The first-order valence-corrected chi connectivity index (χ1v) is 9.92. The molecule has 31 heavy (non-hydrogen) atoms. The molecule has 1 atom stereocenters. The van der Waals surface area contributed by atoms with E-state index in [4.69, 9.17) is 0 Å². The van der Waals surface area contributed by atoms with Crippen LogP contribution in [-0.2, 0) is 6.18 Å². The minimum Gasteiger partial charge on any atom is -0.354 e. The van der Waals surface area contributed by atoms with Crippen molar-refractivity contribution in [2.24, 2.45) is 0 Å². The summed E-state index contributed by atoms with van der Waals surface area (Å²) in [5.74, 6) is -0.0562. The van der Waals surface area contributed by atoms with Gasteiger partial charge < -0.3 is 4.90 Å². The number of pyridine rings is 1. The molecule has 0 amide bonds. The fourth-order valence-corrected chi connectivity index (χ4v) is 3.68. The van der Waals surface area contributed by atoms with E-state index in [9.17, 15) is 17.6 Å². The van der Waals surface area contributed by atoms with Crippen molar-refractivity contribution in [3.8, 4) is 11.4 Å². The summed E-state index contributed by atoms with van der Waals surface area (Å²) in [5.41, 5.74) is 0.314. The number of rotatable bonds is 4. The predicted molar refractivity (Wildman–Crippen MR) is 109 cm³/mol. The summed E-state index contributed by atoms with van der Waals surface area (Å²) in [4.78, 5) is 16.1. The molecule has 0 radical (unpaired) electrons. The van der Waals surface area contributed by atoms with E-state index in [1.807, 2.05) is 17.9 Å². The summed E-state index contributed by atoms with van der Waals surface area (Å²) in [5, 5.41) is 0. The van der Waals surface area contributed by atoms with E-state index in [0.29, 0.717) is 31.7 Å². The third-order valence-corrected chi connectivity index (χ3v) is 5.44. The summed E-state index contributed by atoms with van der Waals surface area (Å²) in [6.07, 6.45) is -1.60. The average molecular weight is 431 g/mol. The van der Waals surface area contributed by atoms with Gasteiger partial charge in [-0.15, -0.1) is 0 Å². The highest BCUT2D eigenvalue weighted by atomic mass is 19.4. The highest BCUT2D eigenvalue weighted by Gasteiger charge is 2.35. The quantitative estimate of drug-likeness (QED) is 0.566. The summed E-state index contributed by atoms with van der Waals surface area (Å²) >= 11 is 0. The Bertz CT molecular complexity index is 1030. The molecule has 3 heterocycles. The normalized spacial score (nSPS) is 16.4. The number of hydrogen-bond donors (Lipinski definition) is 0. The molecular weight excluding hydrogens is 410 g/mol. The molecule has 0 spiro atoms. The lowest BCUT2D eigenvalue weighted by molar-refractivity contribution is -0.141. The standard InChI is InChI=1S/C22H21F4N5/c1-15(16-4-2-6-18(23)12-16)30-8-10-31(11-9-30)20-13-19(22(24,25)26)28-21(29-20)17-5-3-7-27-14-17/h2-7,12-15H,8-11H2,1H3/t15-/m1/s1. The van der Waals surface area contributed by atoms with Gasteiger partial charge >= 0.3 is 6.18 Å². The van der Waals surface area contributed by atoms with Gasteiger partial charge in [0.2, 0.25) is 0 Å². The van der Waals surface area contributed by atoms with Crippen molar-refractivity contribution in [2.45, 2.75) is 19.1 Å². The van der Waals surface area contributed by atoms with Crippen molar-refractivity contribution < 1.29 is 17.6 Å². The summed E-state index contributed by atoms with van der Waals surface area (Å²) in [6.45, 7) is 4.23. The zero-order valence-electron chi connectivity index (χ0n) is 16.8. The van der Waals surface area contributed by atoms with Gasteiger partial charge in [-0.05, 0) is 36.8 Å². The van der Waals surface area contributed by atoms with Crippen molar-refractivity contribution in [1.29, 1.82) is 0 Å². The van der Waals surface area contributed by atoms with Crippen LogP contribution in [0, 0.1) is 5.82 Å². The smallest absolute Gasteiger partial charge is 0.354 e. The van der Waals surface area contributed by atoms with Crippen LogP contribution in [-0.4, -0.2) is 46.0 Å². The maximum Gasteiger partial charge on any atom is 0.433 e. The number of nitrogens with zero attached hydrogens (tertiary/aromatic N) is 5. The molecular formula is C22H21F4N5. The number of alkyl halides is 3. The van der Waals surface area contributed by atoms with Crippen molar-refractivity contribution >= 4 is 5.82 Å². The highest BCUT2D eigenvalue weighted by Crippen LogP contribution is 2.32. The van der Waals surface area contributed by atoms with E-state index in [-0.39, 0.29) is 23.5 Å². The molecule has 0 saturated carbocycles. The predicted octanol–water partition coefficient (Wildman–Crippen LogP) is 4.58. The van der Waals surface area contributed by atoms with E-state index < -0.39 is 11.9 Å². The van der Waals surface area contributed by atoms with E-state index in [0.717, 1.165) is 11.6 Å². The van der Waals surface area contributed by atoms with Crippen LogP contribution in [0.15, 0.2) is 54.9 Å². The van der Waals surface area contributed by atoms with Gasteiger partial charge in [-0.2, -0.15) is 13.2 Å². The zero-order valence-corrected chi connectivity index (χ0v) is 16.8. The number of halogens is 4. The van der Waals surface area contributed by atoms with E-state index in [2.05, 4.69) is 19.9 Å². The van der Waals surface area contributed by atoms with Gasteiger partial charge in [-0.3, -0.25) is 9.88 Å². The van der Waals surface area contributed by atoms with Crippen molar-refractivity contribution in [2.75, 3.05) is 31.1 Å². The van der Waals surface area contributed by atoms with E-state index in [1.54, 1.807) is 18.2 Å². The van der Waals surface area contributed by atoms with Crippen LogP contribution in [0.5, 0.6) is 0 Å². The van der Waals surface area contributed by atoms with Gasteiger partial charge in [0, 0.05) is 56.2 Å². The third-order valence-electron chi connectivity index (χ3n) is 5.44. The molecule has 0 aliphatic carbocycles. The summed E-state index contributed by atoms with van der Waals surface area (Å²) in [7, 11) is 0. The first-order chi connectivity index (χ1) is 14.8. The Morgan fingerprint density at radius 2 is 1.74 bits per heavy atom. The van der Waals surface area contributed by atoms with Crippen molar-refractivity contribution in [3.63, 3.8) is 0 Å². The summed E-state index contributed by atoms with van der Waals surface area (Å²) < 4.78 is 53.9. The number of hydrogen-bond acceptors (Lipinski definition) is 5. The second-order valence-corrected chi connectivity index (χ2v) is 7.43. The molecule has 1 aromatic carbocycles. The Morgan fingerprint density at radius 1 is 0.968 bits per heavy atom. The number of anilines is 1. The molecule has 1 aliphatic heterocycles. The Kier molecular flexibility index (Phi) is 5.86. The van der Waals surface area contributed by atoms with Crippen LogP contribution in [0.2, 0.25) is 0 Å². The minimum absolute atomic E-state index is 0.0000561.